The molecule has 0 radical (unpaired) electrons. The van der Waals surface area contributed by atoms with E-state index in [1.165, 1.54) is 12.5 Å². The van der Waals surface area contributed by atoms with Crippen LogP contribution < -0.4 is 9.47 Å². The number of hydrogen-bond acceptors (Lipinski definition) is 8. The predicted molar refractivity (Wildman–Crippen MR) is 190 cm³/mol. The largest absolute Gasteiger partial charge is 0.504 e. The Bertz CT molecular complexity index is 1820. The molecule has 1 aliphatic heterocycles. The molecular weight excluding hydrogens is 632 g/mol. The smallest absolute Gasteiger partial charge is 0.303 e. The molecule has 1 spiro atoms. The topological polar surface area (TPSA) is 123 Å². The molecule has 1 aromatic rings. The second-order valence-electron chi connectivity index (χ2n) is 18.3. The van der Waals surface area contributed by atoms with Crippen molar-refractivity contribution < 1.29 is 39.1 Å². The number of hydrogen-bond donors (Lipinski definition) is 3. The molecule has 1 aromatic carbocycles. The van der Waals surface area contributed by atoms with Crippen LogP contribution in [0.2, 0.25) is 0 Å². The van der Waals surface area contributed by atoms with Gasteiger partial charge >= 0.3 is 5.97 Å². The van der Waals surface area contributed by atoms with Crippen molar-refractivity contribution in [3.8, 4) is 11.5 Å². The van der Waals surface area contributed by atoms with Crippen LogP contribution in [-0.2, 0) is 26.3 Å². The van der Waals surface area contributed by atoms with Crippen LogP contribution in [0.5, 0.6) is 11.5 Å². The average molecular weight is 687 g/mol. The summed E-state index contributed by atoms with van der Waals surface area (Å²) >= 11 is 0. The van der Waals surface area contributed by atoms with E-state index in [1.807, 2.05) is 12.1 Å². The number of carbonyl (C=O) groups is 2. The monoisotopic (exact) mass is 686 g/mol. The van der Waals surface area contributed by atoms with Crippen LogP contribution in [0.15, 0.2) is 52.3 Å². The minimum absolute atomic E-state index is 0.00761. The van der Waals surface area contributed by atoms with Crippen LogP contribution in [0.3, 0.4) is 0 Å². The Kier molecular flexibility index (Phi) is 7.59. The van der Waals surface area contributed by atoms with Crippen LogP contribution in [0, 0.1) is 22.2 Å². The molecule has 0 unspecified atom stereocenters. The highest BCUT2D eigenvalue weighted by atomic mass is 16.6. The van der Waals surface area contributed by atoms with Crippen LogP contribution in [0.1, 0.15) is 131 Å². The van der Waals surface area contributed by atoms with E-state index in [0.29, 0.717) is 47.5 Å². The number of rotatable bonds is 3. The third-order valence-electron chi connectivity index (χ3n) is 13.1. The molecule has 7 rings (SSSR count). The zero-order chi connectivity index (χ0) is 36.6. The molecule has 8 nitrogen and oxygen atoms in total. The molecule has 5 atom stereocenters. The van der Waals surface area contributed by atoms with Gasteiger partial charge in [0.15, 0.2) is 29.0 Å². The van der Waals surface area contributed by atoms with Crippen molar-refractivity contribution in [2.24, 2.45) is 22.2 Å². The van der Waals surface area contributed by atoms with Gasteiger partial charge in [-0.15, -0.1) is 0 Å². The van der Waals surface area contributed by atoms with Gasteiger partial charge < -0.3 is 29.5 Å². The van der Waals surface area contributed by atoms with Gasteiger partial charge in [-0.2, -0.15) is 0 Å². The molecule has 8 heteroatoms. The number of carbonyl (C=O) groups excluding carboxylic acids is 2. The number of ketones is 1. The molecule has 270 valence electrons. The van der Waals surface area contributed by atoms with Crippen LogP contribution in [0.4, 0.5) is 0 Å². The van der Waals surface area contributed by atoms with E-state index in [2.05, 4.69) is 40.7 Å². The minimum atomic E-state index is -1.47. The maximum atomic E-state index is 13.7. The van der Waals surface area contributed by atoms with Gasteiger partial charge in [-0.25, -0.2) is 0 Å². The molecule has 0 amide bonds. The highest BCUT2D eigenvalue weighted by Crippen LogP contribution is 2.68. The third-order valence-corrected chi connectivity index (χ3v) is 13.1. The molecule has 5 aliphatic carbocycles. The maximum absolute atomic E-state index is 13.7. The summed E-state index contributed by atoms with van der Waals surface area (Å²) < 4.78 is 21.0. The number of aliphatic hydroxyl groups is 3. The Hall–Kier alpha value is -3.36. The average Bonchev–Trinajstić information content (AvgIpc) is 3.13. The quantitative estimate of drug-likeness (QED) is 0.216. The van der Waals surface area contributed by atoms with E-state index in [9.17, 15) is 24.9 Å². The highest BCUT2D eigenvalue weighted by molar-refractivity contribution is 6.11. The molecule has 1 heterocycles. The van der Waals surface area contributed by atoms with Crippen molar-refractivity contribution in [3.05, 3.63) is 69.0 Å². The van der Waals surface area contributed by atoms with E-state index in [0.717, 1.165) is 36.8 Å². The van der Waals surface area contributed by atoms with Gasteiger partial charge in [-0.1, -0.05) is 52.7 Å². The molecule has 0 saturated heterocycles. The van der Waals surface area contributed by atoms with Gasteiger partial charge in [0, 0.05) is 45.6 Å². The van der Waals surface area contributed by atoms with Crippen molar-refractivity contribution in [1.82, 2.24) is 0 Å². The first-order valence-electron chi connectivity index (χ1n) is 18.3. The van der Waals surface area contributed by atoms with Gasteiger partial charge in [-0.05, 0) is 101 Å². The van der Waals surface area contributed by atoms with Gasteiger partial charge in [-0.3, -0.25) is 9.59 Å². The fraction of sp³-hybridized carbons (Fsp3) is 0.619. The normalized spacial score (nSPS) is 32.5. The van der Waals surface area contributed by atoms with Gasteiger partial charge in [0.25, 0.3) is 0 Å². The summed E-state index contributed by atoms with van der Waals surface area (Å²) in [6, 6.07) is 1.96. The summed E-state index contributed by atoms with van der Waals surface area (Å²) in [5.41, 5.74) is -0.474. The second kappa shape index (κ2) is 10.8. The molecule has 0 bridgehead atoms. The molecule has 0 aromatic heterocycles. The minimum Gasteiger partial charge on any atom is -0.504 e. The Morgan fingerprint density at radius 1 is 1.00 bits per heavy atom. The number of ether oxygens (including phenoxy) is 3. The standard InChI is InChI=1S/C42H54O8/c1-22(43)48-30-21-27-23(13-11-14-37(27,2)3)17-26-25(30)20-29(40(8,9)47)36-35(26)50-42-31(49-36)19-24-18-28(39(6,7)46)33(44)34(45)32(24)41(42,10)16-12-15-38(42,4)5/h13,18-20,27,30-31,45-47H,11-12,14-17,21H2,1-10H3/t27-,30-,31+,41-,42-/m1/s1. The lowest BCUT2D eigenvalue weighted by atomic mass is 9.45. The number of allylic oxidation sites excluding steroid dienone is 5. The lowest BCUT2D eigenvalue weighted by Crippen LogP contribution is -2.73. The van der Waals surface area contributed by atoms with E-state index in [1.54, 1.807) is 33.8 Å². The van der Waals surface area contributed by atoms with Crippen molar-refractivity contribution in [2.75, 3.05) is 0 Å². The number of esters is 1. The molecule has 3 N–H and O–H groups in total. The molecule has 50 heavy (non-hydrogen) atoms. The van der Waals surface area contributed by atoms with E-state index < -0.39 is 45.6 Å². The predicted octanol–water partition coefficient (Wildman–Crippen LogP) is 7.95. The van der Waals surface area contributed by atoms with Gasteiger partial charge in [0.05, 0.1) is 11.2 Å². The summed E-state index contributed by atoms with van der Waals surface area (Å²) in [7, 11) is 0. The zero-order valence-electron chi connectivity index (χ0n) is 31.4. The Morgan fingerprint density at radius 2 is 1.70 bits per heavy atom. The summed E-state index contributed by atoms with van der Waals surface area (Å²) in [5, 5.41) is 34.5. The first-order chi connectivity index (χ1) is 23.0. The molecular formula is C42H54O8. The summed E-state index contributed by atoms with van der Waals surface area (Å²) in [5.74, 6) is -0.146. The fourth-order valence-corrected chi connectivity index (χ4v) is 10.7. The number of benzene rings is 1. The van der Waals surface area contributed by atoms with Crippen molar-refractivity contribution in [2.45, 2.75) is 143 Å². The molecule has 6 aliphatic rings. The zero-order valence-corrected chi connectivity index (χ0v) is 31.4. The van der Waals surface area contributed by atoms with E-state index in [4.69, 9.17) is 14.2 Å². The van der Waals surface area contributed by atoms with Crippen molar-refractivity contribution >= 4 is 11.8 Å². The number of fused-ring (bicyclic) bond motifs is 6. The van der Waals surface area contributed by atoms with Crippen LogP contribution in [-0.4, -0.2) is 44.4 Å². The first-order valence-corrected chi connectivity index (χ1v) is 18.3. The lowest BCUT2D eigenvalue weighted by molar-refractivity contribution is -0.207. The molecule has 1 fully saturated rings. The number of Topliss-reactive ketones (excluding diaryl/α,β-unsaturated/α-hetero) is 1. The second-order valence-corrected chi connectivity index (χ2v) is 18.3. The Morgan fingerprint density at radius 3 is 2.34 bits per heavy atom. The Balaban J connectivity index is 1.54. The van der Waals surface area contributed by atoms with Crippen LogP contribution in [0.25, 0.3) is 0 Å². The highest BCUT2D eigenvalue weighted by Gasteiger charge is 2.71. The van der Waals surface area contributed by atoms with E-state index >= 15 is 0 Å². The van der Waals surface area contributed by atoms with Crippen LogP contribution >= 0.6 is 0 Å². The van der Waals surface area contributed by atoms with E-state index in [-0.39, 0.29) is 28.6 Å². The van der Waals surface area contributed by atoms with Crippen molar-refractivity contribution in [1.29, 1.82) is 0 Å². The van der Waals surface area contributed by atoms with Gasteiger partial charge in [0.1, 0.15) is 6.10 Å². The van der Waals surface area contributed by atoms with Crippen molar-refractivity contribution in [3.63, 3.8) is 0 Å². The maximum Gasteiger partial charge on any atom is 0.303 e. The fourth-order valence-electron chi connectivity index (χ4n) is 10.7. The summed E-state index contributed by atoms with van der Waals surface area (Å²) in [4.78, 5) is 26.4. The summed E-state index contributed by atoms with van der Waals surface area (Å²) in [6.45, 7) is 19.0. The first kappa shape index (κ1) is 35.1. The SMILES string of the molecule is CC(=O)O[C@@H]1C[C@@H]2C(=CCCC2(C)C)Cc2c1cc(C(C)(C)O)c1c2O[C@@]23[C@H](C=C4C=C(C(C)(C)O)C(=O)C(O)=C4[C@@]2(C)CCCC3(C)C)O1. The Labute approximate surface area is 296 Å². The third kappa shape index (κ3) is 4.83. The summed E-state index contributed by atoms with van der Waals surface area (Å²) in [6.07, 6.45) is 10.2. The lowest BCUT2D eigenvalue weighted by Gasteiger charge is -2.65. The molecule has 1 saturated carbocycles. The van der Waals surface area contributed by atoms with Gasteiger partial charge in [0.2, 0.25) is 5.78 Å². The number of aliphatic hydroxyl groups excluding tert-OH is 1.